The fourth-order valence-electron chi connectivity index (χ4n) is 3.78. The van der Waals surface area contributed by atoms with Crippen LogP contribution in [0.4, 0.5) is 0 Å². The van der Waals surface area contributed by atoms with Crippen molar-refractivity contribution >= 4 is 18.3 Å². The van der Waals surface area contributed by atoms with Crippen LogP contribution in [0, 0.1) is 5.92 Å². The third kappa shape index (κ3) is 4.19. The molecule has 0 spiro atoms. The van der Waals surface area contributed by atoms with Gasteiger partial charge in [-0.3, -0.25) is 9.59 Å². The van der Waals surface area contributed by atoms with E-state index in [0.29, 0.717) is 11.5 Å². The van der Waals surface area contributed by atoms with Crippen molar-refractivity contribution in [3.8, 4) is 0 Å². The van der Waals surface area contributed by atoms with Crippen molar-refractivity contribution in [3.63, 3.8) is 0 Å². The van der Waals surface area contributed by atoms with E-state index in [1.165, 1.54) is 0 Å². The first kappa shape index (κ1) is 19.0. The number of fused-ring (bicyclic) bond motifs is 1. The molecule has 2 heterocycles. The van der Waals surface area contributed by atoms with Gasteiger partial charge in [-0.15, -0.1) is 12.4 Å². The number of nitrogens with one attached hydrogen (secondary N) is 2. The van der Waals surface area contributed by atoms with Gasteiger partial charge in [0.15, 0.2) is 0 Å². The number of aromatic nitrogens is 1. The van der Waals surface area contributed by atoms with Crippen molar-refractivity contribution in [2.24, 2.45) is 5.92 Å². The molecule has 3 rings (SSSR count). The lowest BCUT2D eigenvalue weighted by Gasteiger charge is -2.32. The molecule has 2 N–H and O–H groups in total. The van der Waals surface area contributed by atoms with Crippen LogP contribution in [0.3, 0.4) is 0 Å². The Morgan fingerprint density at radius 3 is 2.71 bits per heavy atom. The summed E-state index contributed by atoms with van der Waals surface area (Å²) >= 11 is 0. The van der Waals surface area contributed by atoms with Crippen molar-refractivity contribution in [1.29, 1.82) is 0 Å². The Hall–Kier alpha value is -1.33. The van der Waals surface area contributed by atoms with E-state index in [1.54, 1.807) is 0 Å². The van der Waals surface area contributed by atoms with Crippen LogP contribution >= 0.6 is 12.4 Å². The first-order valence-corrected chi connectivity index (χ1v) is 8.88. The molecule has 1 fully saturated rings. The van der Waals surface area contributed by atoms with Gasteiger partial charge in [-0.1, -0.05) is 0 Å². The zero-order valence-electron chi connectivity index (χ0n) is 14.4. The van der Waals surface area contributed by atoms with Crippen molar-refractivity contribution < 1.29 is 4.79 Å². The lowest BCUT2D eigenvalue weighted by Crippen LogP contribution is -2.41. The van der Waals surface area contributed by atoms with Crippen LogP contribution in [0.25, 0.3) is 0 Å². The van der Waals surface area contributed by atoms with E-state index in [9.17, 15) is 9.59 Å². The van der Waals surface area contributed by atoms with Gasteiger partial charge in [0.05, 0.1) is 0 Å². The number of piperidine rings is 1. The van der Waals surface area contributed by atoms with Gasteiger partial charge in [-0.25, -0.2) is 0 Å². The molecule has 0 aromatic carbocycles. The molecule has 5 nitrogen and oxygen atoms in total. The van der Waals surface area contributed by atoms with Gasteiger partial charge in [0.2, 0.25) is 0 Å². The summed E-state index contributed by atoms with van der Waals surface area (Å²) in [6, 6.07) is 1.85. The molecule has 134 valence electrons. The maximum atomic E-state index is 12.7. The Morgan fingerprint density at radius 1 is 1.29 bits per heavy atom. The minimum atomic E-state index is -0.215. The maximum Gasteiger partial charge on any atom is 0.261 e. The second-order valence-electron chi connectivity index (χ2n) is 6.85. The summed E-state index contributed by atoms with van der Waals surface area (Å²) in [5, 5.41) is 3.19. The molecule has 1 aliphatic carbocycles. The summed E-state index contributed by atoms with van der Waals surface area (Å²) in [5.74, 6) is 0.597. The van der Waals surface area contributed by atoms with Gasteiger partial charge in [-0.05, 0) is 76.1 Å². The highest BCUT2D eigenvalue weighted by Crippen LogP contribution is 2.22. The smallest absolute Gasteiger partial charge is 0.261 e. The number of carbonyl (C=O) groups is 1. The van der Waals surface area contributed by atoms with Crippen LogP contribution in [0.15, 0.2) is 10.9 Å². The standard InChI is InChI=1S/C18H27N3O2.ClH/c1-19-9-6-13-7-10-21(11-8-13)18(23)15-12-14-4-2-3-5-16(14)20-17(15)22;/h12-13,19H,2-11H2,1H3,(H,20,22);1H. The second-order valence-corrected chi connectivity index (χ2v) is 6.85. The first-order valence-electron chi connectivity index (χ1n) is 8.88. The molecule has 6 heteroatoms. The van der Waals surface area contributed by atoms with Gasteiger partial charge in [0, 0.05) is 18.8 Å². The molecule has 1 aromatic heterocycles. The number of pyridine rings is 1. The van der Waals surface area contributed by atoms with E-state index >= 15 is 0 Å². The van der Waals surface area contributed by atoms with Gasteiger partial charge in [0.1, 0.15) is 5.56 Å². The zero-order valence-corrected chi connectivity index (χ0v) is 15.2. The second kappa shape index (κ2) is 8.67. The molecular formula is C18H28ClN3O2. The molecule has 1 amide bonds. The normalized spacial score (nSPS) is 18.0. The summed E-state index contributed by atoms with van der Waals surface area (Å²) in [7, 11) is 1.97. The lowest BCUT2D eigenvalue weighted by atomic mass is 9.92. The summed E-state index contributed by atoms with van der Waals surface area (Å²) in [4.78, 5) is 29.8. The number of hydrogen-bond donors (Lipinski definition) is 2. The largest absolute Gasteiger partial charge is 0.338 e. The lowest BCUT2D eigenvalue weighted by molar-refractivity contribution is 0.0685. The fraction of sp³-hybridized carbons (Fsp3) is 0.667. The first-order chi connectivity index (χ1) is 11.2. The van der Waals surface area contributed by atoms with Gasteiger partial charge in [-0.2, -0.15) is 0 Å². The third-order valence-electron chi connectivity index (χ3n) is 5.27. The maximum absolute atomic E-state index is 12.7. The van der Waals surface area contributed by atoms with Crippen LogP contribution in [-0.2, 0) is 12.8 Å². The van der Waals surface area contributed by atoms with Crippen molar-refractivity contribution in [1.82, 2.24) is 15.2 Å². The van der Waals surface area contributed by atoms with Crippen LogP contribution in [-0.4, -0.2) is 42.5 Å². The number of aryl methyl sites for hydroxylation is 2. The van der Waals surface area contributed by atoms with Crippen molar-refractivity contribution in [3.05, 3.63) is 33.2 Å². The molecule has 1 aromatic rings. The third-order valence-corrected chi connectivity index (χ3v) is 5.27. The van der Waals surface area contributed by atoms with Crippen molar-refractivity contribution in [2.45, 2.75) is 44.9 Å². The quantitative estimate of drug-likeness (QED) is 0.871. The Labute approximate surface area is 149 Å². The molecule has 0 bridgehead atoms. The predicted octanol–water partition coefficient (Wildman–Crippen LogP) is 2.14. The fourth-order valence-corrected chi connectivity index (χ4v) is 3.78. The van der Waals surface area contributed by atoms with Crippen LogP contribution in [0.2, 0.25) is 0 Å². The summed E-state index contributed by atoms with van der Waals surface area (Å²) in [6.45, 7) is 2.57. The summed E-state index contributed by atoms with van der Waals surface area (Å²) < 4.78 is 0. The highest BCUT2D eigenvalue weighted by molar-refractivity contribution is 5.94. The van der Waals surface area contributed by atoms with Crippen LogP contribution in [0.5, 0.6) is 0 Å². The Bertz CT molecular complexity index is 621. The molecule has 0 atom stereocenters. The highest BCUT2D eigenvalue weighted by atomic mass is 35.5. The number of halogens is 1. The monoisotopic (exact) mass is 353 g/mol. The molecule has 0 saturated carbocycles. The van der Waals surface area contributed by atoms with E-state index in [1.807, 2.05) is 18.0 Å². The number of amides is 1. The van der Waals surface area contributed by atoms with Gasteiger partial charge < -0.3 is 15.2 Å². The number of carbonyl (C=O) groups excluding carboxylic acids is 1. The number of aromatic amines is 1. The molecule has 1 saturated heterocycles. The zero-order chi connectivity index (χ0) is 16.2. The topological polar surface area (TPSA) is 65.2 Å². The summed E-state index contributed by atoms with van der Waals surface area (Å²) in [5.41, 5.74) is 2.30. The van der Waals surface area contributed by atoms with E-state index < -0.39 is 0 Å². The Balaban J connectivity index is 0.00000208. The SMILES string of the molecule is CNCCC1CCN(C(=O)c2cc3c([nH]c2=O)CCCC3)CC1.Cl. The molecule has 1 aliphatic heterocycles. The molecule has 0 unspecified atom stereocenters. The number of H-pyrrole nitrogens is 1. The Morgan fingerprint density at radius 2 is 2.00 bits per heavy atom. The van der Waals surface area contributed by atoms with E-state index in [4.69, 9.17) is 0 Å². The van der Waals surface area contributed by atoms with E-state index in [2.05, 4.69) is 10.3 Å². The number of hydrogen-bond acceptors (Lipinski definition) is 3. The van der Waals surface area contributed by atoms with Crippen molar-refractivity contribution in [2.75, 3.05) is 26.7 Å². The number of likely N-dealkylation sites (tertiary alicyclic amines) is 1. The van der Waals surface area contributed by atoms with E-state index in [-0.39, 0.29) is 23.9 Å². The van der Waals surface area contributed by atoms with Gasteiger partial charge >= 0.3 is 0 Å². The minimum Gasteiger partial charge on any atom is -0.338 e. The highest BCUT2D eigenvalue weighted by Gasteiger charge is 2.26. The van der Waals surface area contributed by atoms with Crippen LogP contribution in [0.1, 0.15) is 53.7 Å². The number of nitrogens with zero attached hydrogens (tertiary/aromatic N) is 1. The molecule has 0 radical (unpaired) electrons. The molecular weight excluding hydrogens is 326 g/mol. The van der Waals surface area contributed by atoms with E-state index in [0.717, 1.165) is 75.8 Å². The molecule has 2 aliphatic rings. The summed E-state index contributed by atoms with van der Waals surface area (Å²) in [6.07, 6.45) is 7.40. The number of rotatable bonds is 4. The molecule has 24 heavy (non-hydrogen) atoms. The Kier molecular flexibility index (Phi) is 6.87. The minimum absolute atomic E-state index is 0. The average molecular weight is 354 g/mol. The van der Waals surface area contributed by atoms with Crippen LogP contribution < -0.4 is 10.9 Å². The predicted molar refractivity (Wildman–Crippen MR) is 98.1 cm³/mol. The van der Waals surface area contributed by atoms with Gasteiger partial charge in [0.25, 0.3) is 11.5 Å². The average Bonchev–Trinajstić information content (AvgIpc) is 2.59.